The molecule has 9 heteroatoms. The van der Waals surface area contributed by atoms with Crippen LogP contribution in [0.3, 0.4) is 0 Å². The number of hydrogen-bond acceptors (Lipinski definition) is 6. The van der Waals surface area contributed by atoms with Gasteiger partial charge in [-0.25, -0.2) is 4.39 Å². The summed E-state index contributed by atoms with van der Waals surface area (Å²) in [6, 6.07) is 9.36. The molecule has 0 N–H and O–H groups in total. The maximum absolute atomic E-state index is 13.5. The second kappa shape index (κ2) is 8.98. The Bertz CT molecular complexity index is 1340. The Kier molecular flexibility index (Phi) is 6.13. The van der Waals surface area contributed by atoms with Gasteiger partial charge in [0.15, 0.2) is 5.57 Å². The molecule has 31 heavy (non-hydrogen) atoms. The summed E-state index contributed by atoms with van der Waals surface area (Å²) in [6.45, 7) is 3.50. The number of amides is 1. The van der Waals surface area contributed by atoms with Crippen molar-refractivity contribution >= 4 is 40.2 Å². The van der Waals surface area contributed by atoms with Crippen LogP contribution < -0.4 is 14.8 Å². The topological polar surface area (TPSA) is 75.3 Å². The summed E-state index contributed by atoms with van der Waals surface area (Å²) in [5.74, 6) is -0.884. The number of benzene rings is 1. The highest BCUT2D eigenvalue weighted by molar-refractivity contribution is 7.11. The van der Waals surface area contributed by atoms with Gasteiger partial charge in [0.1, 0.15) is 16.5 Å². The maximum Gasteiger partial charge on any atom is 0.273 e. The van der Waals surface area contributed by atoms with Crippen LogP contribution in [0.25, 0.3) is 17.3 Å². The number of aromatic nitrogens is 1. The molecule has 6 nitrogen and oxygen atoms in total. The Hall–Kier alpha value is -3.06. The summed E-state index contributed by atoms with van der Waals surface area (Å²) >= 11 is 2.59. The molecule has 0 atom stereocenters. The summed E-state index contributed by atoms with van der Waals surface area (Å²) in [5.41, 5.74) is 0.946. The van der Waals surface area contributed by atoms with E-state index in [9.17, 15) is 19.2 Å². The summed E-state index contributed by atoms with van der Waals surface area (Å²) in [5, 5.41) is 11.8. The van der Waals surface area contributed by atoms with Crippen molar-refractivity contribution in [2.24, 2.45) is 0 Å². The number of ether oxygens (including phenoxy) is 1. The number of aryl methyl sites for hydroxylation is 1. The van der Waals surface area contributed by atoms with Crippen molar-refractivity contribution in [3.63, 3.8) is 0 Å². The van der Waals surface area contributed by atoms with Crippen molar-refractivity contribution in [3.05, 3.63) is 71.5 Å². The quantitative estimate of drug-likeness (QED) is 0.603. The standard InChI is InChI=1S/C22H18FN3O3S2/c1-14-6-11-30-18(14)12-19-21(28)26(16-4-2-15(23)3-5-16)22(31-19)17(13-24)20(27)25-7-9-29-10-8-25/h2-6,11-12H,7-10H2,1H3. The molecule has 3 heterocycles. The summed E-state index contributed by atoms with van der Waals surface area (Å²) < 4.78 is 20.7. The third kappa shape index (κ3) is 4.23. The van der Waals surface area contributed by atoms with Crippen LogP contribution in [0.15, 0.2) is 40.5 Å². The first-order chi connectivity index (χ1) is 15.0. The van der Waals surface area contributed by atoms with Crippen molar-refractivity contribution < 1.29 is 13.9 Å². The fourth-order valence-corrected chi connectivity index (χ4v) is 5.25. The third-order valence-corrected chi connectivity index (χ3v) is 6.97. The lowest BCUT2D eigenvalue weighted by Crippen LogP contribution is -2.42. The zero-order valence-electron chi connectivity index (χ0n) is 16.6. The van der Waals surface area contributed by atoms with E-state index in [2.05, 4.69) is 0 Å². The maximum atomic E-state index is 13.5. The number of carbonyl (C=O) groups is 1. The number of carbonyl (C=O) groups excluding carboxylic acids is 1. The van der Waals surface area contributed by atoms with E-state index in [4.69, 9.17) is 4.74 Å². The van der Waals surface area contributed by atoms with Crippen LogP contribution in [0.5, 0.6) is 0 Å². The molecule has 0 aliphatic carbocycles. The largest absolute Gasteiger partial charge is 0.378 e. The van der Waals surface area contributed by atoms with Gasteiger partial charge in [-0.1, -0.05) is 0 Å². The lowest BCUT2D eigenvalue weighted by atomic mass is 10.2. The molecule has 1 amide bonds. The SMILES string of the molecule is Cc1ccsc1C=c1sc(=C(C#N)C(=O)N2CCOCC2)n(-c2ccc(F)cc2)c1=O. The normalized spacial score (nSPS) is 15.6. The highest BCUT2D eigenvalue weighted by Gasteiger charge is 2.24. The van der Waals surface area contributed by atoms with E-state index >= 15 is 0 Å². The average Bonchev–Trinajstić information content (AvgIpc) is 3.33. The van der Waals surface area contributed by atoms with Crippen LogP contribution in [-0.4, -0.2) is 41.7 Å². The van der Waals surface area contributed by atoms with Gasteiger partial charge in [-0.05, 0) is 54.3 Å². The van der Waals surface area contributed by atoms with Crippen LogP contribution in [0, 0.1) is 24.1 Å². The molecule has 0 radical (unpaired) electrons. The molecule has 0 unspecified atom stereocenters. The first-order valence-electron chi connectivity index (χ1n) is 9.54. The summed E-state index contributed by atoms with van der Waals surface area (Å²) in [4.78, 5) is 28.9. The van der Waals surface area contributed by atoms with E-state index < -0.39 is 11.7 Å². The zero-order chi connectivity index (χ0) is 22.0. The lowest BCUT2D eigenvalue weighted by Gasteiger charge is -2.26. The van der Waals surface area contributed by atoms with Crippen molar-refractivity contribution in [2.45, 2.75) is 6.92 Å². The van der Waals surface area contributed by atoms with E-state index in [1.54, 1.807) is 11.0 Å². The van der Waals surface area contributed by atoms with Crippen molar-refractivity contribution in [1.29, 1.82) is 5.26 Å². The van der Waals surface area contributed by atoms with E-state index in [1.165, 1.54) is 40.2 Å². The Balaban J connectivity index is 2.00. The van der Waals surface area contributed by atoms with Crippen LogP contribution >= 0.6 is 22.7 Å². The third-order valence-electron chi connectivity index (χ3n) is 4.91. The first kappa shape index (κ1) is 21.2. The van der Waals surface area contributed by atoms with Crippen molar-refractivity contribution in [2.75, 3.05) is 26.3 Å². The Labute approximate surface area is 185 Å². The molecule has 0 spiro atoms. The van der Waals surface area contributed by atoms with Crippen LogP contribution in [0.4, 0.5) is 4.39 Å². The molecule has 1 fully saturated rings. The second-order valence-corrected chi connectivity index (χ2v) is 8.87. The minimum absolute atomic E-state index is 0.115. The van der Waals surface area contributed by atoms with Gasteiger partial charge in [0.2, 0.25) is 0 Å². The number of hydrogen-bond donors (Lipinski definition) is 0. The van der Waals surface area contributed by atoms with Gasteiger partial charge in [-0.15, -0.1) is 22.7 Å². The number of morpholine rings is 1. The van der Waals surface area contributed by atoms with Crippen molar-refractivity contribution in [1.82, 2.24) is 9.47 Å². The van der Waals surface area contributed by atoms with Gasteiger partial charge in [0, 0.05) is 18.0 Å². The van der Waals surface area contributed by atoms with Crippen molar-refractivity contribution in [3.8, 4) is 11.8 Å². The molecule has 1 aliphatic rings. The molecular weight excluding hydrogens is 437 g/mol. The van der Waals surface area contributed by atoms with E-state index in [1.807, 2.05) is 24.4 Å². The number of rotatable bonds is 3. The van der Waals surface area contributed by atoms with Gasteiger partial charge in [0.25, 0.3) is 11.5 Å². The van der Waals surface area contributed by atoms with Gasteiger partial charge in [0.05, 0.1) is 23.4 Å². The Morgan fingerprint density at radius 3 is 2.55 bits per heavy atom. The minimum atomic E-state index is -0.443. The molecule has 0 saturated carbocycles. The van der Waals surface area contributed by atoms with Gasteiger partial charge in [-0.3, -0.25) is 14.2 Å². The number of nitriles is 1. The fourth-order valence-electron chi connectivity index (χ4n) is 3.24. The molecule has 158 valence electrons. The molecular formula is C22H18FN3O3S2. The highest BCUT2D eigenvalue weighted by Crippen LogP contribution is 2.16. The molecule has 2 aromatic heterocycles. The minimum Gasteiger partial charge on any atom is -0.378 e. The van der Waals surface area contributed by atoms with Crippen LogP contribution in [0.2, 0.25) is 0 Å². The van der Waals surface area contributed by atoms with Crippen LogP contribution in [-0.2, 0) is 9.53 Å². The number of halogens is 1. The average molecular weight is 456 g/mol. The van der Waals surface area contributed by atoms with Gasteiger partial charge in [-0.2, -0.15) is 5.26 Å². The second-order valence-electron chi connectivity index (χ2n) is 6.89. The lowest BCUT2D eigenvalue weighted by molar-refractivity contribution is -0.128. The Morgan fingerprint density at radius 2 is 1.94 bits per heavy atom. The number of thiazole rings is 1. The van der Waals surface area contributed by atoms with Crippen LogP contribution in [0.1, 0.15) is 10.4 Å². The first-order valence-corrected chi connectivity index (χ1v) is 11.2. The molecule has 3 aromatic rings. The molecule has 1 aliphatic heterocycles. The summed E-state index contributed by atoms with van der Waals surface area (Å²) in [7, 11) is 0. The highest BCUT2D eigenvalue weighted by atomic mass is 32.1. The van der Waals surface area contributed by atoms with E-state index in [0.717, 1.165) is 21.8 Å². The monoisotopic (exact) mass is 455 g/mol. The number of nitrogens with zero attached hydrogens (tertiary/aromatic N) is 3. The Morgan fingerprint density at radius 1 is 1.23 bits per heavy atom. The predicted octanol–water partition coefficient (Wildman–Crippen LogP) is 1.77. The van der Waals surface area contributed by atoms with E-state index in [0.29, 0.717) is 36.5 Å². The van der Waals surface area contributed by atoms with Gasteiger partial charge < -0.3 is 9.64 Å². The molecule has 0 bridgehead atoms. The van der Waals surface area contributed by atoms with Gasteiger partial charge >= 0.3 is 0 Å². The predicted molar refractivity (Wildman–Crippen MR) is 118 cm³/mol. The molecule has 1 saturated heterocycles. The fraction of sp³-hybridized carbons (Fsp3) is 0.227. The number of thiophene rings is 1. The summed E-state index contributed by atoms with van der Waals surface area (Å²) in [6.07, 6.45) is 1.77. The molecule has 4 rings (SSSR count). The smallest absolute Gasteiger partial charge is 0.273 e. The zero-order valence-corrected chi connectivity index (χ0v) is 18.3. The molecule has 1 aromatic carbocycles. The van der Waals surface area contributed by atoms with E-state index in [-0.39, 0.29) is 15.8 Å².